The van der Waals surface area contributed by atoms with Crippen LogP contribution in [0.15, 0.2) is 48.5 Å². The molecule has 3 amide bonds. The molecule has 0 heterocycles. The van der Waals surface area contributed by atoms with Crippen molar-refractivity contribution in [2.75, 3.05) is 17.7 Å². The Morgan fingerprint density at radius 2 is 1.46 bits per heavy atom. The summed E-state index contributed by atoms with van der Waals surface area (Å²) in [5.41, 5.74) is 6.78. The number of amides is 3. The van der Waals surface area contributed by atoms with Crippen LogP contribution in [0.1, 0.15) is 27.6 Å². The van der Waals surface area contributed by atoms with E-state index >= 15 is 0 Å². The molecule has 0 aliphatic heterocycles. The van der Waals surface area contributed by atoms with Gasteiger partial charge in [0.05, 0.1) is 12.2 Å². The fourth-order valence-corrected chi connectivity index (χ4v) is 1.96. The minimum absolute atomic E-state index is 0.194. The predicted molar refractivity (Wildman–Crippen MR) is 94.4 cm³/mol. The predicted octanol–water partition coefficient (Wildman–Crippen LogP) is 1.34. The van der Waals surface area contributed by atoms with Crippen LogP contribution in [0.2, 0.25) is 0 Å². The second-order valence-corrected chi connectivity index (χ2v) is 5.16. The van der Waals surface area contributed by atoms with Gasteiger partial charge in [-0.3, -0.25) is 19.7 Å². The minimum Gasteiger partial charge on any atom is -0.462 e. The third-order valence-electron chi connectivity index (χ3n) is 3.26. The van der Waals surface area contributed by atoms with E-state index in [1.54, 1.807) is 6.92 Å². The summed E-state index contributed by atoms with van der Waals surface area (Å²) in [5.74, 6) is -3.33. The van der Waals surface area contributed by atoms with Crippen LogP contribution in [-0.2, 0) is 14.3 Å². The lowest BCUT2D eigenvalue weighted by Crippen LogP contribution is -2.39. The molecule has 134 valence electrons. The Labute approximate surface area is 149 Å². The molecule has 2 aromatic rings. The maximum Gasteiger partial charge on any atom is 0.338 e. The van der Waals surface area contributed by atoms with Crippen LogP contribution in [-0.4, -0.2) is 30.3 Å². The van der Waals surface area contributed by atoms with E-state index in [1.165, 1.54) is 48.5 Å². The van der Waals surface area contributed by atoms with Gasteiger partial charge in [-0.15, -0.1) is 0 Å². The van der Waals surface area contributed by atoms with Gasteiger partial charge in [0, 0.05) is 16.9 Å². The topological polar surface area (TPSA) is 128 Å². The van der Waals surface area contributed by atoms with Crippen LogP contribution in [0.4, 0.5) is 11.4 Å². The number of hydrogen-bond donors (Lipinski definition) is 3. The Morgan fingerprint density at radius 1 is 0.885 bits per heavy atom. The van der Waals surface area contributed by atoms with Crippen LogP contribution >= 0.6 is 0 Å². The van der Waals surface area contributed by atoms with Gasteiger partial charge < -0.3 is 15.8 Å². The van der Waals surface area contributed by atoms with E-state index in [0.29, 0.717) is 11.3 Å². The summed E-state index contributed by atoms with van der Waals surface area (Å²) in [6.07, 6.45) is 0. The van der Waals surface area contributed by atoms with Crippen molar-refractivity contribution in [3.8, 4) is 0 Å². The standard InChI is InChI=1S/C18H17N3O5/c1-2-26-18(25)12-5-9-14(10-6-12)20-16(23)17(24)21-15(22)11-3-7-13(19)8-4-11/h3-10H,2,19H2,1H3,(H,20,23)(H,21,22,24). The highest BCUT2D eigenvalue weighted by Crippen LogP contribution is 2.11. The first-order chi connectivity index (χ1) is 12.4. The maximum atomic E-state index is 11.9. The van der Waals surface area contributed by atoms with Gasteiger partial charge in [0.1, 0.15) is 0 Å². The summed E-state index contributed by atoms with van der Waals surface area (Å²) >= 11 is 0. The Bertz CT molecular complexity index is 829. The smallest absolute Gasteiger partial charge is 0.338 e. The zero-order valence-electron chi connectivity index (χ0n) is 13.9. The number of carbonyl (C=O) groups excluding carboxylic acids is 4. The number of nitrogens with one attached hydrogen (secondary N) is 2. The van der Waals surface area contributed by atoms with E-state index in [4.69, 9.17) is 10.5 Å². The van der Waals surface area contributed by atoms with Gasteiger partial charge in [-0.05, 0) is 55.5 Å². The largest absolute Gasteiger partial charge is 0.462 e. The summed E-state index contributed by atoms with van der Waals surface area (Å²) in [5, 5.41) is 4.31. The summed E-state index contributed by atoms with van der Waals surface area (Å²) < 4.78 is 4.84. The van der Waals surface area contributed by atoms with Gasteiger partial charge in [-0.1, -0.05) is 0 Å². The van der Waals surface area contributed by atoms with Crippen molar-refractivity contribution in [1.29, 1.82) is 0 Å². The number of hydrogen-bond acceptors (Lipinski definition) is 6. The molecule has 0 spiro atoms. The SMILES string of the molecule is CCOC(=O)c1ccc(NC(=O)C(=O)NC(=O)c2ccc(N)cc2)cc1. The molecule has 0 saturated heterocycles. The molecule has 0 aliphatic carbocycles. The molecule has 0 radical (unpaired) electrons. The molecule has 8 heteroatoms. The van der Waals surface area contributed by atoms with Crippen molar-refractivity contribution in [2.45, 2.75) is 6.92 Å². The normalized spacial score (nSPS) is 9.88. The Kier molecular flexibility index (Phi) is 6.05. The van der Waals surface area contributed by atoms with Crippen LogP contribution in [0.3, 0.4) is 0 Å². The fraction of sp³-hybridized carbons (Fsp3) is 0.111. The van der Waals surface area contributed by atoms with Crippen LogP contribution in [0.25, 0.3) is 0 Å². The Balaban J connectivity index is 1.94. The van der Waals surface area contributed by atoms with Crippen LogP contribution in [0.5, 0.6) is 0 Å². The average molecular weight is 355 g/mol. The summed E-state index contributed by atoms with van der Waals surface area (Å²) in [4.78, 5) is 47.1. The van der Waals surface area contributed by atoms with Crippen molar-refractivity contribution < 1.29 is 23.9 Å². The lowest BCUT2D eigenvalue weighted by molar-refractivity contribution is -0.135. The second-order valence-electron chi connectivity index (χ2n) is 5.16. The molecule has 2 aromatic carbocycles. The molecule has 8 nitrogen and oxygen atoms in total. The molecule has 2 rings (SSSR count). The number of anilines is 2. The van der Waals surface area contributed by atoms with E-state index in [9.17, 15) is 19.2 Å². The Morgan fingerprint density at radius 3 is 2.04 bits per heavy atom. The zero-order chi connectivity index (χ0) is 19.1. The monoisotopic (exact) mass is 355 g/mol. The summed E-state index contributed by atoms with van der Waals surface area (Å²) in [6, 6.07) is 11.7. The minimum atomic E-state index is -1.11. The zero-order valence-corrected chi connectivity index (χ0v) is 13.9. The van der Waals surface area contributed by atoms with Gasteiger partial charge in [-0.2, -0.15) is 0 Å². The molecular formula is C18H17N3O5. The first kappa shape index (κ1) is 18.7. The molecule has 0 aromatic heterocycles. The highest BCUT2D eigenvalue weighted by Gasteiger charge is 2.18. The molecule has 0 atom stereocenters. The number of benzene rings is 2. The lowest BCUT2D eigenvalue weighted by atomic mass is 10.2. The van der Waals surface area contributed by atoms with Gasteiger partial charge in [-0.25, -0.2) is 4.79 Å². The quantitative estimate of drug-likeness (QED) is 0.431. The number of imide groups is 1. The molecule has 0 fully saturated rings. The van der Waals surface area contributed by atoms with Gasteiger partial charge in [0.25, 0.3) is 5.91 Å². The lowest BCUT2D eigenvalue weighted by Gasteiger charge is -2.07. The van der Waals surface area contributed by atoms with Gasteiger partial charge >= 0.3 is 17.8 Å². The average Bonchev–Trinajstić information content (AvgIpc) is 2.63. The van der Waals surface area contributed by atoms with Crippen LogP contribution in [0, 0.1) is 0 Å². The van der Waals surface area contributed by atoms with E-state index in [0.717, 1.165) is 0 Å². The first-order valence-corrected chi connectivity index (χ1v) is 7.70. The van der Waals surface area contributed by atoms with E-state index in [1.807, 2.05) is 5.32 Å². The first-order valence-electron chi connectivity index (χ1n) is 7.70. The van der Waals surface area contributed by atoms with Gasteiger partial charge in [0.15, 0.2) is 0 Å². The molecule has 4 N–H and O–H groups in total. The maximum absolute atomic E-state index is 11.9. The molecule has 0 aliphatic rings. The molecule has 0 saturated carbocycles. The van der Waals surface area contributed by atoms with Crippen molar-refractivity contribution in [1.82, 2.24) is 5.32 Å². The summed E-state index contributed by atoms with van der Waals surface area (Å²) in [6.45, 7) is 1.94. The molecule has 0 unspecified atom stereocenters. The summed E-state index contributed by atoms with van der Waals surface area (Å²) in [7, 11) is 0. The highest BCUT2D eigenvalue weighted by molar-refractivity contribution is 6.42. The number of carbonyl (C=O) groups is 4. The fourth-order valence-electron chi connectivity index (χ4n) is 1.96. The number of esters is 1. The highest BCUT2D eigenvalue weighted by atomic mass is 16.5. The Hall–Kier alpha value is -3.68. The van der Waals surface area contributed by atoms with Crippen molar-refractivity contribution >= 4 is 35.1 Å². The van der Waals surface area contributed by atoms with E-state index in [-0.39, 0.29) is 17.9 Å². The third kappa shape index (κ3) is 4.91. The van der Waals surface area contributed by atoms with Crippen molar-refractivity contribution in [2.24, 2.45) is 0 Å². The van der Waals surface area contributed by atoms with E-state index in [2.05, 4.69) is 5.32 Å². The van der Waals surface area contributed by atoms with Crippen LogP contribution < -0.4 is 16.4 Å². The van der Waals surface area contributed by atoms with Crippen molar-refractivity contribution in [3.05, 3.63) is 59.7 Å². The number of nitrogen functional groups attached to an aromatic ring is 1. The van der Waals surface area contributed by atoms with Gasteiger partial charge in [0.2, 0.25) is 0 Å². The second kappa shape index (κ2) is 8.43. The number of ether oxygens (including phenoxy) is 1. The van der Waals surface area contributed by atoms with E-state index < -0.39 is 23.7 Å². The number of rotatable bonds is 4. The molecule has 26 heavy (non-hydrogen) atoms. The molecular weight excluding hydrogens is 338 g/mol. The van der Waals surface area contributed by atoms with Crippen molar-refractivity contribution in [3.63, 3.8) is 0 Å². The molecule has 0 bridgehead atoms. The third-order valence-corrected chi connectivity index (χ3v) is 3.26. The number of nitrogens with two attached hydrogens (primary N) is 1.